The molecule has 7 heteroatoms. The summed E-state index contributed by atoms with van der Waals surface area (Å²) >= 11 is 0. The van der Waals surface area contributed by atoms with Crippen LogP contribution in [0.25, 0.3) is 0 Å². The maximum Gasteiger partial charge on any atom is 0.227 e. The molecule has 0 bridgehead atoms. The summed E-state index contributed by atoms with van der Waals surface area (Å²) in [6.45, 7) is 9.92. The van der Waals surface area contributed by atoms with Gasteiger partial charge in [0.15, 0.2) is 0 Å². The monoisotopic (exact) mass is 339 g/mol. The van der Waals surface area contributed by atoms with Gasteiger partial charge in [0, 0.05) is 63.4 Å². The van der Waals surface area contributed by atoms with Crippen LogP contribution in [-0.2, 0) is 0 Å². The van der Waals surface area contributed by atoms with Crippen LogP contribution in [-0.4, -0.2) is 59.2 Å². The van der Waals surface area contributed by atoms with Crippen molar-refractivity contribution in [2.75, 3.05) is 54.0 Å². The van der Waals surface area contributed by atoms with Gasteiger partial charge in [0.05, 0.1) is 5.69 Å². The van der Waals surface area contributed by atoms with Gasteiger partial charge in [0.1, 0.15) is 11.6 Å². The molecule has 2 aliphatic heterocycles. The van der Waals surface area contributed by atoms with Crippen molar-refractivity contribution in [1.29, 1.82) is 0 Å². The molecule has 2 aromatic heterocycles. The quantitative estimate of drug-likeness (QED) is 0.845. The molecule has 0 spiro atoms. The first-order valence-electron chi connectivity index (χ1n) is 9.09. The molecule has 4 rings (SSSR count). The van der Waals surface area contributed by atoms with E-state index in [1.54, 1.807) is 12.4 Å². The molecule has 0 aromatic carbocycles. The first-order valence-corrected chi connectivity index (χ1v) is 9.09. The predicted octanol–water partition coefficient (Wildman–Crippen LogP) is 1.81. The topological polar surface area (TPSA) is 61.3 Å². The maximum absolute atomic E-state index is 4.85. The molecule has 132 valence electrons. The molecule has 0 N–H and O–H groups in total. The number of hydrogen-bond donors (Lipinski definition) is 0. The Morgan fingerprint density at radius 3 is 2.16 bits per heavy atom. The third kappa shape index (κ3) is 3.36. The third-order valence-electron chi connectivity index (χ3n) is 4.98. The Morgan fingerprint density at radius 2 is 1.44 bits per heavy atom. The van der Waals surface area contributed by atoms with Crippen LogP contribution >= 0.6 is 0 Å². The molecule has 0 saturated carbocycles. The number of anilines is 3. The summed E-state index contributed by atoms with van der Waals surface area (Å²) in [4.78, 5) is 25.3. The average molecular weight is 339 g/mol. The summed E-state index contributed by atoms with van der Waals surface area (Å²) < 4.78 is 0. The van der Waals surface area contributed by atoms with Gasteiger partial charge in [0.2, 0.25) is 5.95 Å². The molecule has 2 aliphatic rings. The number of nitrogens with zero attached hydrogens (tertiary/aromatic N) is 7. The van der Waals surface area contributed by atoms with Gasteiger partial charge in [0.25, 0.3) is 0 Å². The lowest BCUT2D eigenvalue weighted by Gasteiger charge is -2.36. The zero-order valence-corrected chi connectivity index (χ0v) is 15.0. The standard InChI is InChI=1S/C18H25N7/c1-14-13-16(23-7-3-4-8-23)22-18(21-14)25-11-9-24(10-12-25)17-15(2)19-5-6-20-17/h5-6,13H,3-4,7-12H2,1-2H3. The third-order valence-corrected chi connectivity index (χ3v) is 4.98. The molecule has 4 heterocycles. The molecule has 7 nitrogen and oxygen atoms in total. The highest BCUT2D eigenvalue weighted by Gasteiger charge is 2.23. The van der Waals surface area contributed by atoms with Crippen molar-refractivity contribution < 1.29 is 0 Å². The minimum absolute atomic E-state index is 0.859. The Balaban J connectivity index is 1.48. The van der Waals surface area contributed by atoms with E-state index in [-0.39, 0.29) is 0 Å². The minimum atomic E-state index is 0.859. The molecule has 0 unspecified atom stereocenters. The van der Waals surface area contributed by atoms with Crippen molar-refractivity contribution in [3.05, 3.63) is 29.8 Å². The van der Waals surface area contributed by atoms with Crippen molar-refractivity contribution in [3.8, 4) is 0 Å². The van der Waals surface area contributed by atoms with Gasteiger partial charge >= 0.3 is 0 Å². The Kier molecular flexibility index (Phi) is 4.38. The van der Waals surface area contributed by atoms with Gasteiger partial charge < -0.3 is 14.7 Å². The Morgan fingerprint density at radius 1 is 0.760 bits per heavy atom. The summed E-state index contributed by atoms with van der Waals surface area (Å²) in [6.07, 6.45) is 6.03. The zero-order valence-electron chi connectivity index (χ0n) is 15.0. The molecule has 2 aromatic rings. The van der Waals surface area contributed by atoms with E-state index in [1.165, 1.54) is 12.8 Å². The highest BCUT2D eigenvalue weighted by Crippen LogP contribution is 2.23. The van der Waals surface area contributed by atoms with E-state index >= 15 is 0 Å². The van der Waals surface area contributed by atoms with Crippen molar-refractivity contribution >= 4 is 17.6 Å². The van der Waals surface area contributed by atoms with Gasteiger partial charge in [-0.05, 0) is 26.7 Å². The second-order valence-electron chi connectivity index (χ2n) is 6.80. The maximum atomic E-state index is 4.85. The van der Waals surface area contributed by atoms with E-state index in [0.717, 1.165) is 68.2 Å². The van der Waals surface area contributed by atoms with E-state index in [1.807, 2.05) is 6.92 Å². The van der Waals surface area contributed by atoms with E-state index in [9.17, 15) is 0 Å². The van der Waals surface area contributed by atoms with Crippen molar-refractivity contribution in [3.63, 3.8) is 0 Å². The second kappa shape index (κ2) is 6.82. The molecule has 25 heavy (non-hydrogen) atoms. The first-order chi connectivity index (χ1) is 12.2. The number of hydrogen-bond acceptors (Lipinski definition) is 7. The van der Waals surface area contributed by atoms with Crippen LogP contribution in [0.4, 0.5) is 17.6 Å². The lowest BCUT2D eigenvalue weighted by atomic mass is 10.3. The normalized spacial score (nSPS) is 18.1. The first kappa shape index (κ1) is 16.1. The summed E-state index contributed by atoms with van der Waals surface area (Å²) in [5.74, 6) is 2.93. The fourth-order valence-corrected chi connectivity index (χ4v) is 3.62. The summed E-state index contributed by atoms with van der Waals surface area (Å²) in [6, 6.07) is 2.11. The van der Waals surface area contributed by atoms with Crippen LogP contribution in [0.5, 0.6) is 0 Å². The SMILES string of the molecule is Cc1cc(N2CCCC2)nc(N2CCN(c3nccnc3C)CC2)n1. The fraction of sp³-hybridized carbons (Fsp3) is 0.556. The zero-order chi connectivity index (χ0) is 17.2. The Labute approximate surface area is 148 Å². The highest BCUT2D eigenvalue weighted by atomic mass is 15.3. The number of rotatable bonds is 3. The van der Waals surface area contributed by atoms with Crippen LogP contribution in [0, 0.1) is 13.8 Å². The van der Waals surface area contributed by atoms with Crippen molar-refractivity contribution in [1.82, 2.24) is 19.9 Å². The molecular weight excluding hydrogens is 314 g/mol. The average Bonchev–Trinajstić information content (AvgIpc) is 3.17. The van der Waals surface area contributed by atoms with Gasteiger partial charge in [-0.25, -0.2) is 9.97 Å². The van der Waals surface area contributed by atoms with Gasteiger partial charge in [-0.3, -0.25) is 4.98 Å². The Bertz CT molecular complexity index is 734. The molecule has 0 radical (unpaired) electrons. The predicted molar refractivity (Wildman–Crippen MR) is 99.4 cm³/mol. The second-order valence-corrected chi connectivity index (χ2v) is 6.80. The van der Waals surface area contributed by atoms with E-state index < -0.39 is 0 Å². The van der Waals surface area contributed by atoms with Gasteiger partial charge in [-0.1, -0.05) is 0 Å². The molecule has 2 saturated heterocycles. The van der Waals surface area contributed by atoms with Crippen LogP contribution < -0.4 is 14.7 Å². The molecule has 0 aliphatic carbocycles. The summed E-state index contributed by atoms with van der Waals surface area (Å²) in [7, 11) is 0. The smallest absolute Gasteiger partial charge is 0.227 e. The van der Waals surface area contributed by atoms with Crippen molar-refractivity contribution in [2.24, 2.45) is 0 Å². The number of aryl methyl sites for hydroxylation is 2. The lowest BCUT2D eigenvalue weighted by Crippen LogP contribution is -2.47. The molecule has 2 fully saturated rings. The van der Waals surface area contributed by atoms with Crippen LogP contribution in [0.3, 0.4) is 0 Å². The van der Waals surface area contributed by atoms with Crippen LogP contribution in [0.2, 0.25) is 0 Å². The summed E-state index contributed by atoms with van der Waals surface area (Å²) in [5, 5.41) is 0. The molecular formula is C18H25N7. The fourth-order valence-electron chi connectivity index (χ4n) is 3.62. The highest BCUT2D eigenvalue weighted by molar-refractivity contribution is 5.49. The summed E-state index contributed by atoms with van der Waals surface area (Å²) in [5.41, 5.74) is 2.03. The van der Waals surface area contributed by atoms with E-state index in [4.69, 9.17) is 4.98 Å². The van der Waals surface area contributed by atoms with Crippen molar-refractivity contribution in [2.45, 2.75) is 26.7 Å². The largest absolute Gasteiger partial charge is 0.356 e. The van der Waals surface area contributed by atoms with Crippen LogP contribution in [0.15, 0.2) is 18.5 Å². The van der Waals surface area contributed by atoms with E-state index in [2.05, 4.69) is 42.6 Å². The number of piperazine rings is 1. The molecule has 0 atom stereocenters. The van der Waals surface area contributed by atoms with Gasteiger partial charge in [-0.15, -0.1) is 0 Å². The van der Waals surface area contributed by atoms with Gasteiger partial charge in [-0.2, -0.15) is 4.98 Å². The molecule has 0 amide bonds. The minimum Gasteiger partial charge on any atom is -0.356 e. The number of aromatic nitrogens is 4. The Hall–Kier alpha value is -2.44. The lowest BCUT2D eigenvalue weighted by molar-refractivity contribution is 0.630. The van der Waals surface area contributed by atoms with Crippen LogP contribution in [0.1, 0.15) is 24.2 Å². The van der Waals surface area contributed by atoms with E-state index in [0.29, 0.717) is 0 Å².